The molecule has 0 aliphatic carbocycles. The lowest BCUT2D eigenvalue weighted by molar-refractivity contribution is -0.150. The largest absolute Gasteiger partial charge is 0.481 e. The van der Waals surface area contributed by atoms with E-state index in [0.29, 0.717) is 31.5 Å². The van der Waals surface area contributed by atoms with Crippen molar-refractivity contribution >= 4 is 11.9 Å². The molecule has 0 atom stereocenters. The van der Waals surface area contributed by atoms with Crippen molar-refractivity contribution in [3.63, 3.8) is 0 Å². The number of carbonyl (C=O) groups excluding carboxylic acids is 1. The third kappa shape index (κ3) is 2.99. The van der Waals surface area contributed by atoms with Crippen LogP contribution in [0.25, 0.3) is 5.69 Å². The summed E-state index contributed by atoms with van der Waals surface area (Å²) in [6.07, 6.45) is 4.85. The average molecular weight is 312 g/mol. The number of amides is 1. The summed E-state index contributed by atoms with van der Waals surface area (Å²) >= 11 is 0. The monoisotopic (exact) mass is 312 g/mol. The summed E-state index contributed by atoms with van der Waals surface area (Å²) in [5, 5.41) is 9.28. The number of aliphatic carboxylic acids is 1. The summed E-state index contributed by atoms with van der Waals surface area (Å²) in [5.74, 6) is -0.814. The maximum atomic E-state index is 12.7. The molecule has 23 heavy (non-hydrogen) atoms. The van der Waals surface area contributed by atoms with E-state index in [4.69, 9.17) is 0 Å². The molecule has 120 valence electrons. The first-order chi connectivity index (χ1) is 11.0. The SMILES string of the molecule is CC1(C(=O)O)CCN(C(=O)c2cccc(-n3cccc3)c2)CC1. The fourth-order valence-electron chi connectivity index (χ4n) is 2.91. The average Bonchev–Trinajstić information content (AvgIpc) is 3.09. The highest BCUT2D eigenvalue weighted by atomic mass is 16.4. The van der Waals surface area contributed by atoms with Crippen molar-refractivity contribution in [2.75, 3.05) is 13.1 Å². The molecule has 3 rings (SSSR count). The van der Waals surface area contributed by atoms with Crippen molar-refractivity contribution in [3.8, 4) is 5.69 Å². The highest BCUT2D eigenvalue weighted by molar-refractivity contribution is 5.95. The molecule has 1 aromatic carbocycles. The molecule has 1 amide bonds. The number of hydrogen-bond acceptors (Lipinski definition) is 2. The van der Waals surface area contributed by atoms with Gasteiger partial charge in [0.2, 0.25) is 0 Å². The highest BCUT2D eigenvalue weighted by Crippen LogP contribution is 2.31. The van der Waals surface area contributed by atoms with Crippen molar-refractivity contribution in [2.45, 2.75) is 19.8 Å². The predicted octanol–water partition coefficient (Wildman–Crippen LogP) is 2.80. The molecule has 1 aliphatic rings. The maximum absolute atomic E-state index is 12.7. The summed E-state index contributed by atoms with van der Waals surface area (Å²) < 4.78 is 1.95. The van der Waals surface area contributed by atoms with Gasteiger partial charge in [-0.05, 0) is 50.1 Å². The van der Waals surface area contributed by atoms with E-state index in [9.17, 15) is 14.7 Å². The van der Waals surface area contributed by atoms with Gasteiger partial charge in [-0.25, -0.2) is 0 Å². The Labute approximate surface area is 135 Å². The minimum atomic E-state index is -0.779. The normalized spacial score (nSPS) is 17.0. The Bertz CT molecular complexity index is 714. The molecule has 0 radical (unpaired) electrons. The summed E-state index contributed by atoms with van der Waals surface area (Å²) in [6.45, 7) is 2.72. The quantitative estimate of drug-likeness (QED) is 0.948. The van der Waals surface area contributed by atoms with E-state index in [2.05, 4.69) is 0 Å². The lowest BCUT2D eigenvalue weighted by Crippen LogP contribution is -2.45. The molecular weight excluding hydrogens is 292 g/mol. The summed E-state index contributed by atoms with van der Waals surface area (Å²) in [5.41, 5.74) is 0.854. The summed E-state index contributed by atoms with van der Waals surface area (Å²) in [6, 6.07) is 11.4. The third-order valence-corrected chi connectivity index (χ3v) is 4.67. The smallest absolute Gasteiger partial charge is 0.309 e. The van der Waals surface area contributed by atoms with Crippen LogP contribution in [0.5, 0.6) is 0 Å². The second kappa shape index (κ2) is 5.91. The van der Waals surface area contributed by atoms with Crippen LogP contribution in [0.3, 0.4) is 0 Å². The van der Waals surface area contributed by atoms with Crippen molar-refractivity contribution in [2.24, 2.45) is 5.41 Å². The topological polar surface area (TPSA) is 62.5 Å². The van der Waals surface area contributed by atoms with Crippen LogP contribution in [0, 0.1) is 5.41 Å². The van der Waals surface area contributed by atoms with E-state index in [1.54, 1.807) is 17.9 Å². The van der Waals surface area contributed by atoms with Crippen molar-refractivity contribution in [1.29, 1.82) is 0 Å². The van der Waals surface area contributed by atoms with Gasteiger partial charge in [0.1, 0.15) is 0 Å². The first-order valence-electron chi connectivity index (χ1n) is 7.76. The van der Waals surface area contributed by atoms with Gasteiger partial charge in [-0.15, -0.1) is 0 Å². The number of nitrogens with zero attached hydrogens (tertiary/aromatic N) is 2. The fourth-order valence-corrected chi connectivity index (χ4v) is 2.91. The number of carbonyl (C=O) groups is 2. The van der Waals surface area contributed by atoms with Crippen LogP contribution in [0.2, 0.25) is 0 Å². The highest BCUT2D eigenvalue weighted by Gasteiger charge is 2.38. The lowest BCUT2D eigenvalue weighted by atomic mass is 9.80. The lowest BCUT2D eigenvalue weighted by Gasteiger charge is -2.36. The van der Waals surface area contributed by atoms with Gasteiger partial charge in [-0.1, -0.05) is 6.07 Å². The number of carboxylic acids is 1. The van der Waals surface area contributed by atoms with Gasteiger partial charge in [0, 0.05) is 36.7 Å². The van der Waals surface area contributed by atoms with Gasteiger partial charge in [-0.3, -0.25) is 9.59 Å². The van der Waals surface area contributed by atoms with Crippen LogP contribution in [0.1, 0.15) is 30.1 Å². The Morgan fingerprint density at radius 2 is 1.74 bits per heavy atom. The molecule has 1 N–H and O–H groups in total. The Kier molecular flexibility index (Phi) is 3.94. The number of piperidine rings is 1. The molecule has 1 fully saturated rings. The van der Waals surface area contributed by atoms with Gasteiger partial charge in [0.15, 0.2) is 0 Å². The number of carboxylic acid groups (broad SMARTS) is 1. The number of rotatable bonds is 3. The van der Waals surface area contributed by atoms with Crippen LogP contribution in [0.15, 0.2) is 48.8 Å². The maximum Gasteiger partial charge on any atom is 0.309 e. The Morgan fingerprint density at radius 3 is 2.35 bits per heavy atom. The molecule has 5 heteroatoms. The van der Waals surface area contributed by atoms with E-state index < -0.39 is 11.4 Å². The van der Waals surface area contributed by atoms with Gasteiger partial charge in [-0.2, -0.15) is 0 Å². The summed E-state index contributed by atoms with van der Waals surface area (Å²) in [4.78, 5) is 25.7. The van der Waals surface area contributed by atoms with Crippen LogP contribution in [0.4, 0.5) is 0 Å². The van der Waals surface area contributed by atoms with E-state index in [-0.39, 0.29) is 5.91 Å². The minimum absolute atomic E-state index is 0.0357. The zero-order valence-corrected chi connectivity index (χ0v) is 13.1. The van der Waals surface area contributed by atoms with Crippen LogP contribution >= 0.6 is 0 Å². The van der Waals surface area contributed by atoms with Crippen LogP contribution < -0.4 is 0 Å². The molecule has 1 saturated heterocycles. The minimum Gasteiger partial charge on any atom is -0.481 e. The second-order valence-corrected chi connectivity index (χ2v) is 6.30. The van der Waals surface area contributed by atoms with Crippen molar-refractivity contribution in [3.05, 3.63) is 54.4 Å². The van der Waals surface area contributed by atoms with Gasteiger partial charge in [0.05, 0.1) is 5.41 Å². The first kappa shape index (κ1) is 15.3. The van der Waals surface area contributed by atoms with Crippen LogP contribution in [-0.2, 0) is 4.79 Å². The molecule has 0 bridgehead atoms. The van der Waals surface area contributed by atoms with Crippen molar-refractivity contribution < 1.29 is 14.7 Å². The third-order valence-electron chi connectivity index (χ3n) is 4.67. The molecule has 2 aromatic rings. The molecule has 0 saturated carbocycles. The number of hydrogen-bond donors (Lipinski definition) is 1. The zero-order chi connectivity index (χ0) is 16.4. The molecule has 5 nitrogen and oxygen atoms in total. The molecule has 0 unspecified atom stereocenters. The van der Waals surface area contributed by atoms with E-state index in [1.807, 2.05) is 47.3 Å². The Hall–Kier alpha value is -2.56. The Morgan fingerprint density at radius 1 is 1.09 bits per heavy atom. The molecule has 1 aliphatic heterocycles. The molecule has 0 spiro atoms. The fraction of sp³-hybridized carbons (Fsp3) is 0.333. The molecule has 2 heterocycles. The second-order valence-electron chi connectivity index (χ2n) is 6.30. The standard InChI is InChI=1S/C18H20N2O3/c1-18(17(22)23)7-11-20(12-8-18)16(21)14-5-4-6-15(13-14)19-9-2-3-10-19/h2-6,9-10,13H,7-8,11-12H2,1H3,(H,22,23). The Balaban J connectivity index is 1.75. The number of aromatic nitrogens is 1. The predicted molar refractivity (Wildman–Crippen MR) is 86.6 cm³/mol. The number of likely N-dealkylation sites (tertiary alicyclic amines) is 1. The van der Waals surface area contributed by atoms with Gasteiger partial charge < -0.3 is 14.6 Å². The molecule has 1 aromatic heterocycles. The molecular formula is C18H20N2O3. The van der Waals surface area contributed by atoms with E-state index >= 15 is 0 Å². The van der Waals surface area contributed by atoms with Gasteiger partial charge in [0.25, 0.3) is 5.91 Å². The summed E-state index contributed by atoms with van der Waals surface area (Å²) in [7, 11) is 0. The zero-order valence-electron chi connectivity index (χ0n) is 13.1. The number of benzene rings is 1. The van der Waals surface area contributed by atoms with Crippen molar-refractivity contribution in [1.82, 2.24) is 9.47 Å². The first-order valence-corrected chi connectivity index (χ1v) is 7.76. The van der Waals surface area contributed by atoms with E-state index in [0.717, 1.165) is 5.69 Å². The van der Waals surface area contributed by atoms with E-state index in [1.165, 1.54) is 0 Å². The van der Waals surface area contributed by atoms with Crippen LogP contribution in [-0.4, -0.2) is 39.5 Å². The van der Waals surface area contributed by atoms with Gasteiger partial charge >= 0.3 is 5.97 Å².